The molecule has 0 spiro atoms. The molecule has 0 saturated heterocycles. The van der Waals surface area contributed by atoms with Gasteiger partial charge in [0.25, 0.3) is 0 Å². The molecule has 138 valence electrons. The zero-order valence-corrected chi connectivity index (χ0v) is 15.9. The monoisotopic (exact) mass is 379 g/mol. The van der Waals surface area contributed by atoms with E-state index in [1.807, 2.05) is 91.9 Å². The maximum Gasteiger partial charge on any atom is 0.242 e. The Hall–Kier alpha value is -2.78. The van der Waals surface area contributed by atoms with E-state index in [-0.39, 0.29) is 12.0 Å². The van der Waals surface area contributed by atoms with Gasteiger partial charge in [-0.15, -0.1) is 11.6 Å². The minimum atomic E-state index is -0.639. The van der Waals surface area contributed by atoms with Crippen LogP contribution in [-0.4, -0.2) is 11.3 Å². The molecule has 2 atom stereocenters. The number of amides is 1. The first-order valence-electron chi connectivity index (χ1n) is 8.92. The average molecular weight is 380 g/mol. The zero-order chi connectivity index (χ0) is 19.1. The summed E-state index contributed by atoms with van der Waals surface area (Å²) in [5.41, 5.74) is 2.85. The highest BCUT2D eigenvalue weighted by molar-refractivity contribution is 6.32. The lowest BCUT2D eigenvalue weighted by molar-refractivity contribution is -0.115. The van der Waals surface area contributed by atoms with Crippen molar-refractivity contribution in [3.05, 3.63) is 96.1 Å². The van der Waals surface area contributed by atoms with Gasteiger partial charge in [0, 0.05) is 5.69 Å². The first kappa shape index (κ1) is 19.0. The van der Waals surface area contributed by atoms with E-state index in [1.54, 1.807) is 0 Å². The van der Waals surface area contributed by atoms with Crippen LogP contribution in [0.15, 0.2) is 84.9 Å². The van der Waals surface area contributed by atoms with Gasteiger partial charge in [-0.05, 0) is 48.7 Å². The van der Waals surface area contributed by atoms with Crippen molar-refractivity contribution in [2.45, 2.75) is 24.8 Å². The van der Waals surface area contributed by atoms with Crippen LogP contribution >= 0.6 is 11.6 Å². The average Bonchev–Trinajstić information content (AvgIpc) is 2.71. The fourth-order valence-corrected chi connectivity index (χ4v) is 2.97. The molecule has 3 aromatic carbocycles. The number of hydrogen-bond acceptors (Lipinski definition) is 2. The first-order valence-corrected chi connectivity index (χ1v) is 9.36. The summed E-state index contributed by atoms with van der Waals surface area (Å²) in [6.07, 6.45) is 0.420. The zero-order valence-electron chi connectivity index (χ0n) is 15.1. The summed E-state index contributed by atoms with van der Waals surface area (Å²) in [5.74, 6) is 0.579. The number of carbonyl (C=O) groups is 1. The summed E-state index contributed by atoms with van der Waals surface area (Å²) in [7, 11) is 0. The number of carbonyl (C=O) groups excluding carboxylic acids is 1. The molecule has 3 aromatic rings. The van der Waals surface area contributed by atoms with Gasteiger partial charge in [0.15, 0.2) is 0 Å². The highest BCUT2D eigenvalue weighted by atomic mass is 35.5. The van der Waals surface area contributed by atoms with E-state index in [0.29, 0.717) is 6.42 Å². The number of halogens is 1. The van der Waals surface area contributed by atoms with E-state index < -0.39 is 5.38 Å². The van der Waals surface area contributed by atoms with Crippen LogP contribution in [-0.2, 0) is 11.2 Å². The predicted octanol–water partition coefficient (Wildman–Crippen LogP) is 5.62. The Balaban J connectivity index is 1.54. The van der Waals surface area contributed by atoms with E-state index in [9.17, 15) is 4.79 Å². The number of rotatable bonds is 7. The molecule has 3 nitrogen and oxygen atoms in total. The Kier molecular flexibility index (Phi) is 6.50. The van der Waals surface area contributed by atoms with Crippen molar-refractivity contribution in [2.24, 2.45) is 0 Å². The number of anilines is 1. The molecule has 0 bridgehead atoms. The maximum absolute atomic E-state index is 12.2. The highest BCUT2D eigenvalue weighted by Crippen LogP contribution is 2.22. The summed E-state index contributed by atoms with van der Waals surface area (Å²) < 4.78 is 5.97. The topological polar surface area (TPSA) is 38.3 Å². The van der Waals surface area contributed by atoms with Gasteiger partial charge >= 0.3 is 0 Å². The second kappa shape index (κ2) is 9.24. The number of benzene rings is 3. The van der Waals surface area contributed by atoms with Crippen molar-refractivity contribution in [1.82, 2.24) is 0 Å². The quantitative estimate of drug-likeness (QED) is 0.541. The predicted molar refractivity (Wildman–Crippen MR) is 110 cm³/mol. The summed E-state index contributed by atoms with van der Waals surface area (Å²) in [4.78, 5) is 12.2. The second-order valence-corrected chi connectivity index (χ2v) is 6.87. The van der Waals surface area contributed by atoms with E-state index in [1.165, 1.54) is 0 Å². The molecule has 3 rings (SSSR count). The van der Waals surface area contributed by atoms with E-state index in [4.69, 9.17) is 16.3 Å². The van der Waals surface area contributed by atoms with E-state index >= 15 is 0 Å². The molecule has 4 heteroatoms. The molecule has 0 radical (unpaired) electrons. The number of alkyl halides is 1. The van der Waals surface area contributed by atoms with E-state index in [0.717, 1.165) is 22.6 Å². The van der Waals surface area contributed by atoms with Crippen molar-refractivity contribution >= 4 is 23.2 Å². The molecule has 0 heterocycles. The van der Waals surface area contributed by atoms with Gasteiger partial charge in [0.2, 0.25) is 5.91 Å². The molecule has 0 aromatic heterocycles. The number of hydrogen-bond donors (Lipinski definition) is 1. The first-order chi connectivity index (χ1) is 13.1. The molecule has 0 aliphatic heterocycles. The third kappa shape index (κ3) is 5.60. The molecule has 0 aliphatic rings. The van der Waals surface area contributed by atoms with Crippen LogP contribution < -0.4 is 10.1 Å². The van der Waals surface area contributed by atoms with Crippen LogP contribution in [0, 0.1) is 0 Å². The van der Waals surface area contributed by atoms with Crippen molar-refractivity contribution < 1.29 is 9.53 Å². The molecule has 0 saturated carbocycles. The Bertz CT molecular complexity index is 851. The Morgan fingerprint density at radius 3 is 2.15 bits per heavy atom. The fraction of sp³-hybridized carbons (Fsp3) is 0.174. The lowest BCUT2D eigenvalue weighted by Gasteiger charge is -2.16. The molecular formula is C23H22ClNO2. The van der Waals surface area contributed by atoms with Crippen LogP contribution in [0.3, 0.4) is 0 Å². The smallest absolute Gasteiger partial charge is 0.242 e. The third-order valence-electron chi connectivity index (χ3n) is 4.25. The van der Waals surface area contributed by atoms with Gasteiger partial charge in [0.05, 0.1) is 0 Å². The molecule has 1 amide bonds. The minimum Gasteiger partial charge on any atom is -0.486 e. The van der Waals surface area contributed by atoms with Gasteiger partial charge in [-0.3, -0.25) is 4.79 Å². The summed E-state index contributed by atoms with van der Waals surface area (Å²) in [5, 5.41) is 2.18. The Morgan fingerprint density at radius 2 is 1.52 bits per heavy atom. The van der Waals surface area contributed by atoms with Crippen molar-refractivity contribution in [3.8, 4) is 5.75 Å². The number of ether oxygens (including phenoxy) is 1. The van der Waals surface area contributed by atoms with Crippen LogP contribution in [0.25, 0.3) is 0 Å². The van der Waals surface area contributed by atoms with Crippen molar-refractivity contribution in [3.63, 3.8) is 0 Å². The van der Waals surface area contributed by atoms with Crippen molar-refractivity contribution in [1.29, 1.82) is 0 Å². The maximum atomic E-state index is 12.2. The summed E-state index contributed by atoms with van der Waals surface area (Å²) in [6, 6.07) is 27.1. The fourth-order valence-electron chi connectivity index (χ4n) is 2.74. The standard InChI is InChI=1S/C23H22ClNO2/c1-17(19-8-4-2-5-9-19)27-21-14-12-18(13-15-21)16-22(24)23(26)25-20-10-6-3-7-11-20/h2-15,17,22H,16H2,1H3,(H,25,26). The molecule has 0 fully saturated rings. The van der Waals surface area contributed by atoms with Crippen LogP contribution in [0.2, 0.25) is 0 Å². The third-order valence-corrected chi connectivity index (χ3v) is 4.60. The van der Waals surface area contributed by atoms with Crippen LogP contribution in [0.4, 0.5) is 5.69 Å². The van der Waals surface area contributed by atoms with Crippen LogP contribution in [0.5, 0.6) is 5.75 Å². The van der Waals surface area contributed by atoms with Gasteiger partial charge in [-0.25, -0.2) is 0 Å². The van der Waals surface area contributed by atoms with Gasteiger partial charge in [-0.1, -0.05) is 60.7 Å². The van der Waals surface area contributed by atoms with Crippen molar-refractivity contribution in [2.75, 3.05) is 5.32 Å². The number of para-hydroxylation sites is 1. The largest absolute Gasteiger partial charge is 0.486 e. The molecule has 2 unspecified atom stereocenters. The summed E-state index contributed by atoms with van der Waals surface area (Å²) in [6.45, 7) is 2.02. The Morgan fingerprint density at radius 1 is 0.926 bits per heavy atom. The normalized spacial score (nSPS) is 12.8. The molecule has 27 heavy (non-hydrogen) atoms. The SMILES string of the molecule is CC(Oc1ccc(CC(Cl)C(=O)Nc2ccccc2)cc1)c1ccccc1. The van der Waals surface area contributed by atoms with Gasteiger partial charge < -0.3 is 10.1 Å². The molecule has 1 N–H and O–H groups in total. The van der Waals surface area contributed by atoms with Crippen LogP contribution in [0.1, 0.15) is 24.2 Å². The second-order valence-electron chi connectivity index (χ2n) is 6.34. The van der Waals surface area contributed by atoms with Gasteiger partial charge in [0.1, 0.15) is 17.2 Å². The van der Waals surface area contributed by atoms with E-state index in [2.05, 4.69) is 5.32 Å². The minimum absolute atomic E-state index is 0.0329. The highest BCUT2D eigenvalue weighted by Gasteiger charge is 2.16. The summed E-state index contributed by atoms with van der Waals surface area (Å²) >= 11 is 6.28. The van der Waals surface area contributed by atoms with Gasteiger partial charge in [-0.2, -0.15) is 0 Å². The Labute approximate surface area is 164 Å². The number of nitrogens with one attached hydrogen (secondary N) is 1. The molecular weight excluding hydrogens is 358 g/mol. The lowest BCUT2D eigenvalue weighted by atomic mass is 10.1. The lowest BCUT2D eigenvalue weighted by Crippen LogP contribution is -2.25. The molecule has 0 aliphatic carbocycles.